The van der Waals surface area contributed by atoms with Gasteiger partial charge in [-0.3, -0.25) is 4.79 Å². The van der Waals surface area contributed by atoms with Gasteiger partial charge in [0, 0.05) is 26.2 Å². The molecule has 0 atom stereocenters. The fourth-order valence-corrected chi connectivity index (χ4v) is 3.27. The van der Waals surface area contributed by atoms with Crippen molar-refractivity contribution in [2.45, 2.75) is 0 Å². The van der Waals surface area contributed by atoms with Gasteiger partial charge in [0.05, 0.1) is 11.3 Å². The lowest BCUT2D eigenvalue weighted by molar-refractivity contribution is 0.0736. The van der Waals surface area contributed by atoms with Crippen molar-refractivity contribution >= 4 is 11.6 Å². The van der Waals surface area contributed by atoms with E-state index >= 15 is 0 Å². The Morgan fingerprint density at radius 2 is 1.68 bits per heavy atom. The number of nitrogens with zero attached hydrogens (tertiary/aromatic N) is 2. The first kappa shape index (κ1) is 15.7. The summed E-state index contributed by atoms with van der Waals surface area (Å²) >= 11 is 0. The molecule has 0 N–H and O–H groups in total. The minimum Gasteiger partial charge on any atom is -0.486 e. The number of para-hydroxylation sites is 2. The first-order chi connectivity index (χ1) is 12.2. The predicted molar refractivity (Wildman–Crippen MR) is 91.9 cm³/mol. The summed E-state index contributed by atoms with van der Waals surface area (Å²) in [6.45, 7) is 3.21. The monoisotopic (exact) mass is 342 g/mol. The number of anilines is 1. The van der Waals surface area contributed by atoms with Crippen LogP contribution in [0.3, 0.4) is 0 Å². The molecule has 2 aliphatic heterocycles. The van der Waals surface area contributed by atoms with Crippen LogP contribution >= 0.6 is 0 Å². The second kappa shape index (κ2) is 6.63. The first-order valence-corrected chi connectivity index (χ1v) is 8.41. The van der Waals surface area contributed by atoms with Gasteiger partial charge in [-0.15, -0.1) is 0 Å². The molecule has 0 unspecified atom stereocenters. The number of hydrogen-bond acceptors (Lipinski definition) is 4. The normalized spacial score (nSPS) is 16.7. The molecule has 1 amide bonds. The third-order valence-electron chi connectivity index (χ3n) is 4.56. The minimum absolute atomic E-state index is 0.0736. The van der Waals surface area contributed by atoms with Crippen LogP contribution < -0.4 is 14.4 Å². The maximum atomic E-state index is 13.9. The predicted octanol–water partition coefficient (Wildman–Crippen LogP) is 2.56. The lowest BCUT2D eigenvalue weighted by Crippen LogP contribution is -2.49. The molecule has 0 bridgehead atoms. The number of fused-ring (bicyclic) bond motifs is 1. The summed E-state index contributed by atoms with van der Waals surface area (Å²) in [5.41, 5.74) is 1.11. The van der Waals surface area contributed by atoms with E-state index in [0.717, 1.165) is 0 Å². The molecule has 6 heteroatoms. The van der Waals surface area contributed by atoms with Gasteiger partial charge in [0.15, 0.2) is 11.5 Å². The molecule has 2 heterocycles. The molecule has 2 aliphatic rings. The van der Waals surface area contributed by atoms with Crippen molar-refractivity contribution in [3.05, 3.63) is 53.8 Å². The average Bonchev–Trinajstić information content (AvgIpc) is 2.67. The van der Waals surface area contributed by atoms with Crippen molar-refractivity contribution in [2.75, 3.05) is 44.3 Å². The molecule has 0 aromatic heterocycles. The van der Waals surface area contributed by atoms with E-state index in [1.165, 1.54) is 6.07 Å². The fourth-order valence-electron chi connectivity index (χ4n) is 3.27. The van der Waals surface area contributed by atoms with Crippen LogP contribution in [0.2, 0.25) is 0 Å². The van der Waals surface area contributed by atoms with E-state index in [0.29, 0.717) is 62.1 Å². The van der Waals surface area contributed by atoms with Gasteiger partial charge in [0.25, 0.3) is 5.91 Å². The number of ether oxygens (including phenoxy) is 2. The van der Waals surface area contributed by atoms with Gasteiger partial charge in [-0.2, -0.15) is 0 Å². The van der Waals surface area contributed by atoms with E-state index in [4.69, 9.17) is 9.47 Å². The lowest BCUT2D eigenvalue weighted by atomic mass is 10.1. The van der Waals surface area contributed by atoms with Gasteiger partial charge in [0.1, 0.15) is 19.0 Å². The van der Waals surface area contributed by atoms with Crippen LogP contribution in [0.5, 0.6) is 11.5 Å². The molecule has 2 aromatic rings. The van der Waals surface area contributed by atoms with Crippen LogP contribution in [0, 0.1) is 5.82 Å². The Kier molecular flexibility index (Phi) is 4.17. The number of rotatable bonds is 2. The highest BCUT2D eigenvalue weighted by Crippen LogP contribution is 2.34. The number of carbonyl (C=O) groups excluding carboxylic acids is 1. The topological polar surface area (TPSA) is 42.0 Å². The molecule has 0 saturated carbocycles. The van der Waals surface area contributed by atoms with Crippen molar-refractivity contribution in [3.63, 3.8) is 0 Å². The molecule has 0 aliphatic carbocycles. The Morgan fingerprint density at radius 3 is 2.48 bits per heavy atom. The van der Waals surface area contributed by atoms with Gasteiger partial charge >= 0.3 is 0 Å². The van der Waals surface area contributed by atoms with Crippen LogP contribution in [-0.4, -0.2) is 50.2 Å². The Morgan fingerprint density at radius 1 is 0.920 bits per heavy atom. The van der Waals surface area contributed by atoms with Crippen LogP contribution in [0.25, 0.3) is 0 Å². The van der Waals surface area contributed by atoms with Gasteiger partial charge in [-0.25, -0.2) is 4.39 Å². The summed E-state index contributed by atoms with van der Waals surface area (Å²) in [6.07, 6.45) is 0. The number of benzene rings is 2. The van der Waals surface area contributed by atoms with E-state index in [1.807, 2.05) is 11.0 Å². The van der Waals surface area contributed by atoms with Gasteiger partial charge < -0.3 is 19.3 Å². The smallest absolute Gasteiger partial charge is 0.257 e. The summed E-state index contributed by atoms with van der Waals surface area (Å²) in [4.78, 5) is 16.6. The quantitative estimate of drug-likeness (QED) is 0.841. The van der Waals surface area contributed by atoms with Crippen molar-refractivity contribution in [2.24, 2.45) is 0 Å². The number of halogens is 1. The largest absolute Gasteiger partial charge is 0.486 e. The molecule has 2 aromatic carbocycles. The summed E-state index contributed by atoms with van der Waals surface area (Å²) in [7, 11) is 0. The molecule has 130 valence electrons. The molecule has 0 radical (unpaired) electrons. The zero-order valence-corrected chi connectivity index (χ0v) is 13.8. The lowest BCUT2D eigenvalue weighted by Gasteiger charge is -2.36. The second-order valence-electron chi connectivity index (χ2n) is 6.06. The Hall–Kier alpha value is -2.76. The molecule has 1 saturated heterocycles. The minimum atomic E-state index is -0.232. The average molecular weight is 342 g/mol. The standard InChI is InChI=1S/C19H19FN2O3/c20-15-5-1-2-6-16(15)21-8-10-22(11-9-21)19(23)14-4-3-7-17-18(14)25-13-12-24-17/h1-7H,8-13H2. The van der Waals surface area contributed by atoms with Gasteiger partial charge in [-0.1, -0.05) is 18.2 Å². The zero-order valence-electron chi connectivity index (χ0n) is 13.8. The fraction of sp³-hybridized carbons (Fsp3) is 0.316. The molecule has 0 spiro atoms. The number of carbonyl (C=O) groups is 1. The van der Waals surface area contributed by atoms with Crippen molar-refractivity contribution in [1.29, 1.82) is 0 Å². The summed E-state index contributed by atoms with van der Waals surface area (Å²) in [5.74, 6) is 0.831. The maximum absolute atomic E-state index is 13.9. The Balaban J connectivity index is 1.48. The molecule has 1 fully saturated rings. The number of piperazine rings is 1. The van der Waals surface area contributed by atoms with Crippen LogP contribution in [-0.2, 0) is 0 Å². The van der Waals surface area contributed by atoms with Crippen LogP contribution in [0.15, 0.2) is 42.5 Å². The van der Waals surface area contributed by atoms with Crippen LogP contribution in [0.1, 0.15) is 10.4 Å². The highest BCUT2D eigenvalue weighted by atomic mass is 19.1. The van der Waals surface area contributed by atoms with E-state index < -0.39 is 0 Å². The van der Waals surface area contributed by atoms with Crippen molar-refractivity contribution < 1.29 is 18.7 Å². The molecule has 4 rings (SSSR count). The summed E-state index contributed by atoms with van der Waals surface area (Å²) < 4.78 is 25.1. The molecule has 25 heavy (non-hydrogen) atoms. The summed E-state index contributed by atoms with van der Waals surface area (Å²) in [6, 6.07) is 12.1. The highest BCUT2D eigenvalue weighted by Gasteiger charge is 2.27. The highest BCUT2D eigenvalue weighted by molar-refractivity contribution is 5.98. The summed E-state index contributed by atoms with van der Waals surface area (Å²) in [5, 5.41) is 0. The second-order valence-corrected chi connectivity index (χ2v) is 6.06. The van der Waals surface area contributed by atoms with Crippen molar-refractivity contribution in [3.8, 4) is 11.5 Å². The number of amides is 1. The molecular formula is C19H19FN2O3. The molecular weight excluding hydrogens is 323 g/mol. The van der Waals surface area contributed by atoms with Crippen molar-refractivity contribution in [1.82, 2.24) is 4.90 Å². The van der Waals surface area contributed by atoms with E-state index in [2.05, 4.69) is 0 Å². The van der Waals surface area contributed by atoms with E-state index in [1.54, 1.807) is 35.2 Å². The number of hydrogen-bond donors (Lipinski definition) is 0. The SMILES string of the molecule is O=C(c1cccc2c1OCCO2)N1CCN(c2ccccc2F)CC1. The van der Waals surface area contributed by atoms with Crippen LogP contribution in [0.4, 0.5) is 10.1 Å². The molecule has 5 nitrogen and oxygen atoms in total. The maximum Gasteiger partial charge on any atom is 0.257 e. The van der Waals surface area contributed by atoms with Gasteiger partial charge in [0.2, 0.25) is 0 Å². The zero-order chi connectivity index (χ0) is 17.2. The van der Waals surface area contributed by atoms with E-state index in [-0.39, 0.29) is 11.7 Å². The third-order valence-corrected chi connectivity index (χ3v) is 4.56. The Bertz CT molecular complexity index is 788. The van der Waals surface area contributed by atoms with Gasteiger partial charge in [-0.05, 0) is 24.3 Å². The van der Waals surface area contributed by atoms with E-state index in [9.17, 15) is 9.18 Å². The third kappa shape index (κ3) is 2.99. The Labute approximate surface area is 145 Å². The first-order valence-electron chi connectivity index (χ1n) is 8.41.